The molecule has 2 aromatic rings. The molecule has 1 saturated heterocycles. The molecule has 0 radical (unpaired) electrons. The Labute approximate surface area is 154 Å². The third-order valence-electron chi connectivity index (χ3n) is 5.36. The molecule has 26 heavy (non-hydrogen) atoms. The van der Waals surface area contributed by atoms with E-state index in [-0.39, 0.29) is 11.9 Å². The number of aromatic nitrogens is 2. The SMILES string of the molecule is C[C@@H]1CCc2ccccc2N1C(=O)CN1CCN(c2ncccn2)CC1. The summed E-state index contributed by atoms with van der Waals surface area (Å²) in [7, 11) is 0. The molecule has 0 aliphatic carbocycles. The third kappa shape index (κ3) is 3.42. The molecule has 6 heteroatoms. The van der Waals surface area contributed by atoms with Gasteiger partial charge in [-0.25, -0.2) is 9.97 Å². The van der Waals surface area contributed by atoms with Crippen molar-refractivity contribution in [3.8, 4) is 0 Å². The second-order valence-corrected chi connectivity index (χ2v) is 7.09. The zero-order valence-electron chi connectivity index (χ0n) is 15.2. The van der Waals surface area contributed by atoms with Crippen molar-refractivity contribution >= 4 is 17.5 Å². The van der Waals surface area contributed by atoms with Gasteiger partial charge >= 0.3 is 0 Å². The molecule has 0 saturated carbocycles. The molecule has 0 spiro atoms. The lowest BCUT2D eigenvalue weighted by Crippen LogP contribution is -2.52. The van der Waals surface area contributed by atoms with Gasteiger partial charge < -0.3 is 9.80 Å². The van der Waals surface area contributed by atoms with Gasteiger partial charge in [0.05, 0.1) is 6.54 Å². The van der Waals surface area contributed by atoms with Crippen LogP contribution in [0.4, 0.5) is 11.6 Å². The molecule has 1 amide bonds. The molecule has 2 aliphatic heterocycles. The van der Waals surface area contributed by atoms with Crippen molar-refractivity contribution in [3.63, 3.8) is 0 Å². The molecule has 0 unspecified atom stereocenters. The number of fused-ring (bicyclic) bond motifs is 1. The molecule has 136 valence electrons. The summed E-state index contributed by atoms with van der Waals surface area (Å²) in [5.74, 6) is 0.978. The van der Waals surface area contributed by atoms with Crippen LogP contribution < -0.4 is 9.80 Å². The average molecular weight is 351 g/mol. The second kappa shape index (κ2) is 7.41. The highest BCUT2D eigenvalue weighted by molar-refractivity contribution is 5.96. The first-order valence-corrected chi connectivity index (χ1v) is 9.36. The van der Waals surface area contributed by atoms with Crippen LogP contribution in [0.2, 0.25) is 0 Å². The zero-order chi connectivity index (χ0) is 17.9. The van der Waals surface area contributed by atoms with Gasteiger partial charge in [-0.05, 0) is 37.5 Å². The fraction of sp³-hybridized carbons (Fsp3) is 0.450. The van der Waals surface area contributed by atoms with Gasteiger partial charge in [0.1, 0.15) is 0 Å². The van der Waals surface area contributed by atoms with Crippen LogP contribution in [0.15, 0.2) is 42.7 Å². The fourth-order valence-corrected chi connectivity index (χ4v) is 3.90. The molecule has 2 aliphatic rings. The van der Waals surface area contributed by atoms with Crippen molar-refractivity contribution < 1.29 is 4.79 Å². The molecule has 4 rings (SSSR count). The monoisotopic (exact) mass is 351 g/mol. The number of rotatable bonds is 3. The van der Waals surface area contributed by atoms with E-state index in [9.17, 15) is 4.79 Å². The summed E-state index contributed by atoms with van der Waals surface area (Å²) in [6.07, 6.45) is 5.62. The maximum atomic E-state index is 13.0. The van der Waals surface area contributed by atoms with Crippen LogP contribution in [0.25, 0.3) is 0 Å². The first-order chi connectivity index (χ1) is 12.7. The first-order valence-electron chi connectivity index (χ1n) is 9.36. The number of hydrogen-bond acceptors (Lipinski definition) is 5. The van der Waals surface area contributed by atoms with Crippen LogP contribution in [0.5, 0.6) is 0 Å². The minimum absolute atomic E-state index is 0.203. The van der Waals surface area contributed by atoms with Gasteiger partial charge in [-0.1, -0.05) is 18.2 Å². The van der Waals surface area contributed by atoms with Crippen LogP contribution in [-0.2, 0) is 11.2 Å². The predicted molar refractivity (Wildman–Crippen MR) is 102 cm³/mol. The summed E-state index contributed by atoms with van der Waals surface area (Å²) in [5.41, 5.74) is 2.37. The molecule has 1 aromatic heterocycles. The molecule has 1 fully saturated rings. The lowest BCUT2D eigenvalue weighted by molar-refractivity contribution is -0.120. The van der Waals surface area contributed by atoms with Crippen LogP contribution in [0, 0.1) is 0 Å². The topological polar surface area (TPSA) is 52.6 Å². The molecule has 0 bridgehead atoms. The number of benzene rings is 1. The van der Waals surface area contributed by atoms with Gasteiger partial charge in [0.15, 0.2) is 0 Å². The summed E-state index contributed by atoms with van der Waals surface area (Å²) in [6.45, 7) is 6.04. The molecule has 6 nitrogen and oxygen atoms in total. The summed E-state index contributed by atoms with van der Waals surface area (Å²) < 4.78 is 0. The van der Waals surface area contributed by atoms with Gasteiger partial charge in [-0.3, -0.25) is 9.69 Å². The van der Waals surface area contributed by atoms with E-state index in [0.29, 0.717) is 6.54 Å². The third-order valence-corrected chi connectivity index (χ3v) is 5.36. The number of carbonyl (C=O) groups is 1. The second-order valence-electron chi connectivity index (χ2n) is 7.09. The van der Waals surface area contributed by atoms with E-state index in [1.54, 1.807) is 12.4 Å². The van der Waals surface area contributed by atoms with Crippen molar-refractivity contribution in [2.45, 2.75) is 25.8 Å². The quantitative estimate of drug-likeness (QED) is 0.846. The van der Waals surface area contributed by atoms with Gasteiger partial charge in [-0.2, -0.15) is 0 Å². The summed E-state index contributed by atoms with van der Waals surface area (Å²) in [5, 5.41) is 0. The van der Waals surface area contributed by atoms with Gasteiger partial charge in [0, 0.05) is 50.3 Å². The molecular weight excluding hydrogens is 326 g/mol. The van der Waals surface area contributed by atoms with E-state index in [1.807, 2.05) is 17.0 Å². The van der Waals surface area contributed by atoms with E-state index in [0.717, 1.165) is 50.7 Å². The van der Waals surface area contributed by atoms with Crippen LogP contribution in [0.3, 0.4) is 0 Å². The highest BCUT2D eigenvalue weighted by Gasteiger charge is 2.29. The van der Waals surface area contributed by atoms with Gasteiger partial charge in [0.2, 0.25) is 11.9 Å². The Hall–Kier alpha value is -2.47. The number of carbonyl (C=O) groups excluding carboxylic acids is 1. The Morgan fingerprint density at radius 2 is 1.81 bits per heavy atom. The summed E-state index contributed by atoms with van der Waals surface area (Å²) >= 11 is 0. The highest BCUT2D eigenvalue weighted by Crippen LogP contribution is 2.30. The van der Waals surface area contributed by atoms with Crippen molar-refractivity contribution in [3.05, 3.63) is 48.3 Å². The molecular formula is C20H25N5O. The smallest absolute Gasteiger partial charge is 0.241 e. The van der Waals surface area contributed by atoms with E-state index in [1.165, 1.54) is 5.56 Å². The number of piperazine rings is 1. The Kier molecular flexibility index (Phi) is 4.84. The predicted octanol–water partition coefficient (Wildman–Crippen LogP) is 1.97. The standard InChI is InChI=1S/C20H25N5O/c1-16-7-8-17-5-2-3-6-18(17)25(16)19(26)15-23-11-13-24(14-12-23)20-21-9-4-10-22-20/h2-6,9-10,16H,7-8,11-15H2,1H3/t16-/m1/s1. The number of hydrogen-bond donors (Lipinski definition) is 0. The number of para-hydroxylation sites is 1. The van der Waals surface area contributed by atoms with E-state index in [4.69, 9.17) is 0 Å². The van der Waals surface area contributed by atoms with Crippen LogP contribution >= 0.6 is 0 Å². The Morgan fingerprint density at radius 1 is 1.08 bits per heavy atom. The summed E-state index contributed by atoms with van der Waals surface area (Å²) in [6, 6.07) is 10.4. The Balaban J connectivity index is 1.39. The van der Waals surface area contributed by atoms with Crippen LogP contribution in [0.1, 0.15) is 18.9 Å². The largest absolute Gasteiger partial charge is 0.338 e. The van der Waals surface area contributed by atoms with Crippen molar-refractivity contribution in [1.82, 2.24) is 14.9 Å². The molecule has 1 atom stereocenters. The van der Waals surface area contributed by atoms with E-state index < -0.39 is 0 Å². The zero-order valence-corrected chi connectivity index (χ0v) is 15.2. The highest BCUT2D eigenvalue weighted by atomic mass is 16.2. The lowest BCUT2D eigenvalue weighted by atomic mass is 9.96. The first kappa shape index (κ1) is 17.0. The number of anilines is 2. The van der Waals surface area contributed by atoms with Gasteiger partial charge in [0.25, 0.3) is 0 Å². The Bertz CT molecular complexity index is 758. The Morgan fingerprint density at radius 3 is 2.58 bits per heavy atom. The number of nitrogens with zero attached hydrogens (tertiary/aromatic N) is 5. The average Bonchev–Trinajstić information content (AvgIpc) is 2.69. The minimum atomic E-state index is 0.203. The van der Waals surface area contributed by atoms with Crippen molar-refractivity contribution in [2.24, 2.45) is 0 Å². The molecule has 0 N–H and O–H groups in total. The maximum absolute atomic E-state index is 13.0. The number of amides is 1. The van der Waals surface area contributed by atoms with E-state index >= 15 is 0 Å². The molecule has 3 heterocycles. The fourth-order valence-electron chi connectivity index (χ4n) is 3.90. The van der Waals surface area contributed by atoms with E-state index in [2.05, 4.69) is 44.9 Å². The van der Waals surface area contributed by atoms with Gasteiger partial charge in [-0.15, -0.1) is 0 Å². The minimum Gasteiger partial charge on any atom is -0.338 e. The lowest BCUT2D eigenvalue weighted by Gasteiger charge is -2.38. The summed E-state index contributed by atoms with van der Waals surface area (Å²) in [4.78, 5) is 28.1. The molecule has 1 aromatic carbocycles. The van der Waals surface area contributed by atoms with Crippen molar-refractivity contribution in [1.29, 1.82) is 0 Å². The normalized spacial score (nSPS) is 20.7. The van der Waals surface area contributed by atoms with Crippen molar-refractivity contribution in [2.75, 3.05) is 42.5 Å². The van der Waals surface area contributed by atoms with Crippen LogP contribution in [-0.4, -0.2) is 59.5 Å². The maximum Gasteiger partial charge on any atom is 0.241 e. The number of aryl methyl sites for hydroxylation is 1.